The molecule has 0 bridgehead atoms. The maximum Gasteiger partial charge on any atom is 0.188 e. The second-order valence-corrected chi connectivity index (χ2v) is 9.30. The fourth-order valence-electron chi connectivity index (χ4n) is 5.30. The lowest BCUT2D eigenvalue weighted by Gasteiger charge is -2.24. The molecule has 0 N–H and O–H groups in total. The first kappa shape index (κ1) is 21.3. The van der Waals surface area contributed by atoms with Gasteiger partial charge in [-0.1, -0.05) is 0 Å². The molecule has 4 aromatic rings. The Morgan fingerprint density at radius 3 is 2.65 bits per heavy atom. The molecule has 176 valence electrons. The van der Waals surface area contributed by atoms with Crippen molar-refractivity contribution in [2.24, 2.45) is 7.05 Å². The molecule has 0 aliphatic carbocycles. The Morgan fingerprint density at radius 1 is 0.971 bits per heavy atom. The number of likely N-dealkylation sites (tertiary alicyclic amines) is 1. The van der Waals surface area contributed by atoms with Crippen LogP contribution in [0.15, 0.2) is 42.6 Å². The number of pyridine rings is 2. The summed E-state index contributed by atoms with van der Waals surface area (Å²) in [6, 6.07) is 13.0. The van der Waals surface area contributed by atoms with Gasteiger partial charge in [0.15, 0.2) is 6.79 Å². The molecule has 2 aliphatic rings. The van der Waals surface area contributed by atoms with Crippen molar-refractivity contribution in [3.63, 3.8) is 0 Å². The topological polar surface area (TPSA) is 68.5 Å². The minimum Gasteiger partial charge on any atom is -0.467 e. The molecule has 8 nitrogen and oxygen atoms in total. The van der Waals surface area contributed by atoms with Crippen LogP contribution in [0, 0.1) is 0 Å². The summed E-state index contributed by atoms with van der Waals surface area (Å²) < 4.78 is 12.8. The van der Waals surface area contributed by atoms with Crippen LogP contribution in [0.5, 0.6) is 5.75 Å². The van der Waals surface area contributed by atoms with E-state index in [0.717, 1.165) is 52.1 Å². The molecular weight excluding hydrogens is 428 g/mol. The highest BCUT2D eigenvalue weighted by Gasteiger charge is 2.29. The van der Waals surface area contributed by atoms with Crippen molar-refractivity contribution in [1.82, 2.24) is 24.6 Å². The van der Waals surface area contributed by atoms with Gasteiger partial charge in [0.25, 0.3) is 0 Å². The molecule has 1 atom stereocenters. The minimum absolute atomic E-state index is 0.165. The van der Waals surface area contributed by atoms with Crippen molar-refractivity contribution in [2.75, 3.05) is 45.0 Å². The van der Waals surface area contributed by atoms with E-state index in [4.69, 9.17) is 19.4 Å². The summed E-state index contributed by atoms with van der Waals surface area (Å²) in [6.45, 7) is 4.79. The van der Waals surface area contributed by atoms with Crippen LogP contribution in [-0.4, -0.2) is 70.8 Å². The van der Waals surface area contributed by atoms with Crippen molar-refractivity contribution >= 4 is 27.8 Å². The summed E-state index contributed by atoms with van der Waals surface area (Å²) >= 11 is 0. The van der Waals surface area contributed by atoms with E-state index in [-0.39, 0.29) is 6.79 Å². The number of rotatable bonds is 6. The van der Waals surface area contributed by atoms with Gasteiger partial charge in [-0.25, -0.2) is 9.97 Å². The number of fused-ring (bicyclic) bond motifs is 2. The number of hydrogen-bond donors (Lipinski definition) is 0. The van der Waals surface area contributed by atoms with Gasteiger partial charge in [0, 0.05) is 56.5 Å². The number of hydrogen-bond acceptors (Lipinski definition) is 7. The predicted molar refractivity (Wildman–Crippen MR) is 133 cm³/mol. The van der Waals surface area contributed by atoms with Gasteiger partial charge in [0.2, 0.25) is 0 Å². The minimum atomic E-state index is 0.165. The smallest absolute Gasteiger partial charge is 0.188 e. The van der Waals surface area contributed by atoms with Gasteiger partial charge in [-0.05, 0) is 62.7 Å². The molecule has 3 aromatic heterocycles. The van der Waals surface area contributed by atoms with Gasteiger partial charge in [-0.2, -0.15) is 5.10 Å². The Kier molecular flexibility index (Phi) is 5.55. The number of aryl methyl sites for hydroxylation is 1. The first-order chi connectivity index (χ1) is 16.7. The van der Waals surface area contributed by atoms with E-state index in [1.807, 2.05) is 25.4 Å². The van der Waals surface area contributed by atoms with Crippen LogP contribution in [0.4, 0.5) is 5.82 Å². The van der Waals surface area contributed by atoms with Crippen molar-refractivity contribution in [2.45, 2.75) is 25.3 Å². The Hall–Kier alpha value is -3.23. The summed E-state index contributed by atoms with van der Waals surface area (Å²) in [5.74, 6) is 1.75. The molecule has 0 amide bonds. The van der Waals surface area contributed by atoms with E-state index in [0.29, 0.717) is 11.8 Å². The molecule has 5 heterocycles. The zero-order valence-corrected chi connectivity index (χ0v) is 19.8. The van der Waals surface area contributed by atoms with E-state index in [1.165, 1.54) is 32.4 Å². The third-order valence-electron chi connectivity index (χ3n) is 7.00. The largest absolute Gasteiger partial charge is 0.467 e. The molecule has 0 radical (unpaired) electrons. The van der Waals surface area contributed by atoms with Gasteiger partial charge in [0.05, 0.1) is 22.2 Å². The lowest BCUT2D eigenvalue weighted by Crippen LogP contribution is -2.35. The zero-order valence-electron chi connectivity index (χ0n) is 19.8. The van der Waals surface area contributed by atoms with Crippen LogP contribution in [0.25, 0.3) is 33.2 Å². The standard InChI is InChI=1S/C26H30N6O2/c1-30-15-18-13-20(25(34-17-33-2)14-24(18)29-30)21-5-6-23-22(27-21)7-8-26(28-23)32-12-9-19(16-32)31-10-3-4-11-31/h5-8,13-15,19H,3-4,9-12,16-17H2,1-2H3. The van der Waals surface area contributed by atoms with Crippen LogP contribution >= 0.6 is 0 Å². The van der Waals surface area contributed by atoms with E-state index >= 15 is 0 Å². The van der Waals surface area contributed by atoms with Crippen LogP contribution in [0.1, 0.15) is 19.3 Å². The van der Waals surface area contributed by atoms with Gasteiger partial charge in [-0.15, -0.1) is 0 Å². The number of anilines is 1. The van der Waals surface area contributed by atoms with E-state index < -0.39 is 0 Å². The Balaban J connectivity index is 1.30. The SMILES string of the molecule is COCOc1cc2nn(C)cc2cc1-c1ccc2nc(N3CCC(N4CCCC4)C3)ccc2n1. The molecule has 1 unspecified atom stereocenters. The van der Waals surface area contributed by atoms with Crippen LogP contribution in [0.2, 0.25) is 0 Å². The molecule has 0 spiro atoms. The van der Waals surface area contributed by atoms with Crippen molar-refractivity contribution in [3.8, 4) is 17.0 Å². The normalized spacial score (nSPS) is 19.0. The van der Waals surface area contributed by atoms with Crippen LogP contribution in [0.3, 0.4) is 0 Å². The highest BCUT2D eigenvalue weighted by Crippen LogP contribution is 2.34. The Morgan fingerprint density at radius 2 is 1.79 bits per heavy atom. The summed E-state index contributed by atoms with van der Waals surface area (Å²) in [5.41, 5.74) is 4.42. The molecule has 6 rings (SSSR count). The third kappa shape index (κ3) is 3.97. The van der Waals surface area contributed by atoms with Gasteiger partial charge in [-0.3, -0.25) is 9.58 Å². The Labute approximate surface area is 199 Å². The summed E-state index contributed by atoms with van der Waals surface area (Å²) in [4.78, 5) is 15.0. The second kappa shape index (κ2) is 8.85. The maximum absolute atomic E-state index is 5.87. The number of nitrogens with zero attached hydrogens (tertiary/aromatic N) is 6. The third-order valence-corrected chi connectivity index (χ3v) is 7.00. The average Bonchev–Trinajstić information content (AvgIpc) is 3.61. The summed E-state index contributed by atoms with van der Waals surface area (Å²) in [7, 11) is 3.53. The van der Waals surface area contributed by atoms with Crippen molar-refractivity contribution in [3.05, 3.63) is 42.6 Å². The second-order valence-electron chi connectivity index (χ2n) is 9.30. The zero-order chi connectivity index (χ0) is 23.1. The van der Waals surface area contributed by atoms with E-state index in [2.05, 4.69) is 39.2 Å². The molecule has 2 saturated heterocycles. The monoisotopic (exact) mass is 458 g/mol. The fraction of sp³-hybridized carbons (Fsp3) is 0.423. The first-order valence-electron chi connectivity index (χ1n) is 12.0. The van der Waals surface area contributed by atoms with Gasteiger partial charge in [0.1, 0.15) is 11.6 Å². The number of benzene rings is 1. The molecule has 1 aromatic carbocycles. The predicted octanol–water partition coefficient (Wildman–Crippen LogP) is 3.84. The van der Waals surface area contributed by atoms with E-state index in [1.54, 1.807) is 11.8 Å². The summed E-state index contributed by atoms with van der Waals surface area (Å²) in [5, 5.41) is 5.54. The highest BCUT2D eigenvalue weighted by atomic mass is 16.7. The first-order valence-corrected chi connectivity index (χ1v) is 12.0. The maximum atomic E-state index is 5.87. The van der Waals surface area contributed by atoms with Crippen molar-refractivity contribution < 1.29 is 9.47 Å². The molecular formula is C26H30N6O2. The highest BCUT2D eigenvalue weighted by molar-refractivity contribution is 5.89. The lowest BCUT2D eigenvalue weighted by molar-refractivity contribution is 0.0516. The van der Waals surface area contributed by atoms with Crippen LogP contribution < -0.4 is 9.64 Å². The molecule has 34 heavy (non-hydrogen) atoms. The number of aromatic nitrogens is 4. The van der Waals surface area contributed by atoms with E-state index in [9.17, 15) is 0 Å². The van der Waals surface area contributed by atoms with Crippen molar-refractivity contribution in [1.29, 1.82) is 0 Å². The fourth-order valence-corrected chi connectivity index (χ4v) is 5.30. The quantitative estimate of drug-likeness (QED) is 0.407. The Bertz CT molecular complexity index is 1330. The average molecular weight is 459 g/mol. The molecule has 2 fully saturated rings. The lowest BCUT2D eigenvalue weighted by atomic mass is 10.1. The van der Waals surface area contributed by atoms with Gasteiger partial charge < -0.3 is 14.4 Å². The van der Waals surface area contributed by atoms with Gasteiger partial charge >= 0.3 is 0 Å². The molecule has 8 heteroatoms. The van der Waals surface area contributed by atoms with Crippen LogP contribution in [-0.2, 0) is 11.8 Å². The molecule has 2 aliphatic heterocycles. The number of ether oxygens (including phenoxy) is 2. The summed E-state index contributed by atoms with van der Waals surface area (Å²) in [6.07, 6.45) is 5.90. The number of methoxy groups -OCH3 is 1. The molecule has 0 saturated carbocycles.